The first-order chi connectivity index (χ1) is 21.2. The van der Waals surface area contributed by atoms with Crippen LogP contribution in [0.3, 0.4) is 0 Å². The molecule has 0 radical (unpaired) electrons. The van der Waals surface area contributed by atoms with E-state index in [2.05, 4.69) is 39.9 Å². The van der Waals surface area contributed by atoms with Crippen molar-refractivity contribution in [3.8, 4) is 0 Å². The molecule has 1 aromatic carbocycles. The molecule has 2 aliphatic carbocycles. The summed E-state index contributed by atoms with van der Waals surface area (Å²) in [5.74, 6) is 0. The maximum atomic E-state index is 13.6. The molecule has 2 spiro atoms. The molecule has 244 valence electrons. The lowest BCUT2D eigenvalue weighted by molar-refractivity contribution is -0.137. The number of halogens is 3. The molecule has 45 heavy (non-hydrogen) atoms. The molecule has 4 heterocycles. The number of alkyl halides is 3. The molecule has 2 aromatic rings. The molecule has 3 aliphatic heterocycles. The Balaban J connectivity index is 1.47. The highest BCUT2D eigenvalue weighted by Crippen LogP contribution is 2.62. The molecule has 1 saturated carbocycles. The summed E-state index contributed by atoms with van der Waals surface area (Å²) in [5.41, 5.74) is 6.24. The quantitative estimate of drug-likeness (QED) is 0.312. The van der Waals surface area contributed by atoms with Crippen LogP contribution >= 0.6 is 0 Å². The van der Waals surface area contributed by atoms with Gasteiger partial charge in [-0.1, -0.05) is 45.4 Å². The monoisotopic (exact) mass is 641 g/mol. The molecule has 0 bridgehead atoms. The van der Waals surface area contributed by atoms with Crippen LogP contribution in [-0.4, -0.2) is 39.7 Å². The molecule has 5 aliphatic rings. The van der Waals surface area contributed by atoms with Gasteiger partial charge in [-0.3, -0.25) is 4.98 Å². The molecule has 1 saturated heterocycles. The minimum Gasteiger partial charge on any atom is -0.410 e. The van der Waals surface area contributed by atoms with Crippen molar-refractivity contribution >= 4 is 13.9 Å². The van der Waals surface area contributed by atoms with Crippen molar-refractivity contribution in [3.05, 3.63) is 69.5 Å². The van der Waals surface area contributed by atoms with Crippen LogP contribution in [0.2, 0.25) is 18.1 Å². The largest absolute Gasteiger partial charge is 0.416 e. The second kappa shape index (κ2) is 11.0. The third-order valence-corrected chi connectivity index (χ3v) is 16.1. The number of ether oxygens (including phenoxy) is 3. The van der Waals surface area contributed by atoms with Gasteiger partial charge in [-0.05, 0) is 84.5 Å². The summed E-state index contributed by atoms with van der Waals surface area (Å²) in [5, 5.41) is 0.0382. The molecular weight excluding hydrogens is 595 g/mol. The summed E-state index contributed by atoms with van der Waals surface area (Å²) >= 11 is 0. The van der Waals surface area contributed by atoms with E-state index in [0.29, 0.717) is 39.3 Å². The number of nitrogens with zero attached hydrogens (tertiary/aromatic N) is 1. The van der Waals surface area contributed by atoms with Crippen molar-refractivity contribution in [1.29, 1.82) is 0 Å². The molecule has 9 heteroatoms. The molecule has 2 atom stereocenters. The number of fused-ring (bicyclic) bond motifs is 4. The Kier molecular flexibility index (Phi) is 7.72. The van der Waals surface area contributed by atoms with E-state index in [1.54, 1.807) is 12.1 Å². The van der Waals surface area contributed by atoms with Gasteiger partial charge in [0.1, 0.15) is 6.10 Å². The molecule has 7 rings (SSSR count). The zero-order valence-electron chi connectivity index (χ0n) is 27.2. The van der Waals surface area contributed by atoms with Gasteiger partial charge in [0, 0.05) is 42.9 Å². The molecule has 0 amide bonds. The van der Waals surface area contributed by atoms with Gasteiger partial charge in [0.05, 0.1) is 36.2 Å². The highest BCUT2D eigenvalue weighted by molar-refractivity contribution is 6.74. The minimum atomic E-state index is -4.40. The highest BCUT2D eigenvalue weighted by atomic mass is 28.4. The second-order valence-electron chi connectivity index (χ2n) is 15.5. The standard InChI is InChI=1S/C36H46F3NO4Si/c1-33(2,3)45(4,5)44-27-22-34(13-6-14-34)21-26-28(27)30-29(31(40-26)23-11-17-41-18-12-23)32(43-35(30)15-19-42-20-16-35)24-7-9-25(10-8-24)36(37,38)39/h7-11,27,32H,6,12-22H2,1-5H3/t27?,32-/m1/s1. The van der Waals surface area contributed by atoms with Gasteiger partial charge in [-0.25, -0.2) is 0 Å². The van der Waals surface area contributed by atoms with Gasteiger partial charge in [0.15, 0.2) is 8.32 Å². The van der Waals surface area contributed by atoms with Crippen LogP contribution in [0.4, 0.5) is 13.2 Å². The molecule has 0 N–H and O–H groups in total. The number of pyridine rings is 1. The highest BCUT2D eigenvalue weighted by Gasteiger charge is 2.55. The Bertz CT molecular complexity index is 1480. The number of hydrogen-bond donors (Lipinski definition) is 0. The van der Waals surface area contributed by atoms with Crippen molar-refractivity contribution in [2.24, 2.45) is 5.41 Å². The maximum absolute atomic E-state index is 13.6. The van der Waals surface area contributed by atoms with Gasteiger partial charge < -0.3 is 18.6 Å². The van der Waals surface area contributed by atoms with Crippen molar-refractivity contribution in [2.45, 2.75) is 114 Å². The van der Waals surface area contributed by atoms with Crippen LogP contribution in [0.25, 0.3) is 5.57 Å². The average molecular weight is 642 g/mol. The van der Waals surface area contributed by atoms with E-state index in [4.69, 9.17) is 23.6 Å². The normalized spacial score (nSPS) is 25.9. The first kappa shape index (κ1) is 31.6. The summed E-state index contributed by atoms with van der Waals surface area (Å²) in [6, 6.07) is 5.53. The Morgan fingerprint density at radius 2 is 1.64 bits per heavy atom. The van der Waals surface area contributed by atoms with Gasteiger partial charge in [0.2, 0.25) is 0 Å². The Hall–Kier alpha value is -2.04. The summed E-state index contributed by atoms with van der Waals surface area (Å²) in [6.07, 6.45) is 4.74. The van der Waals surface area contributed by atoms with E-state index >= 15 is 0 Å². The smallest absolute Gasteiger partial charge is 0.410 e. The predicted octanol–water partition coefficient (Wildman–Crippen LogP) is 9.21. The van der Waals surface area contributed by atoms with Gasteiger partial charge in [-0.2, -0.15) is 13.2 Å². The van der Waals surface area contributed by atoms with E-state index < -0.39 is 31.8 Å². The van der Waals surface area contributed by atoms with E-state index in [9.17, 15) is 13.2 Å². The number of hydrogen-bond acceptors (Lipinski definition) is 5. The first-order valence-corrected chi connectivity index (χ1v) is 19.6. The summed E-state index contributed by atoms with van der Waals surface area (Å²) in [4.78, 5) is 5.56. The molecular formula is C36H46F3NO4Si. The predicted molar refractivity (Wildman–Crippen MR) is 169 cm³/mol. The van der Waals surface area contributed by atoms with Crippen LogP contribution in [-0.2, 0) is 36.8 Å². The number of aromatic nitrogens is 1. The SMILES string of the molecule is CC(C)(C)[Si](C)(C)OC1CC2(CCC2)Cc2nc(C3=CCOCC3)c3c(c21)C1(CCOCC1)O[C@@H]3c1ccc(C(F)(F)F)cc1. The van der Waals surface area contributed by atoms with Crippen LogP contribution < -0.4 is 0 Å². The molecule has 1 aromatic heterocycles. The van der Waals surface area contributed by atoms with Gasteiger partial charge in [-0.15, -0.1) is 0 Å². The zero-order valence-corrected chi connectivity index (χ0v) is 28.2. The van der Waals surface area contributed by atoms with Crippen molar-refractivity contribution < 1.29 is 31.8 Å². The lowest BCUT2D eigenvalue weighted by Gasteiger charge is -2.51. The number of rotatable bonds is 4. The van der Waals surface area contributed by atoms with Crippen molar-refractivity contribution in [2.75, 3.05) is 26.4 Å². The van der Waals surface area contributed by atoms with Crippen LogP contribution in [0.1, 0.15) is 117 Å². The number of benzene rings is 1. The molecule has 5 nitrogen and oxygen atoms in total. The van der Waals surface area contributed by atoms with Crippen LogP contribution in [0.15, 0.2) is 30.3 Å². The van der Waals surface area contributed by atoms with E-state index in [0.717, 1.165) is 47.4 Å². The van der Waals surface area contributed by atoms with Crippen LogP contribution in [0.5, 0.6) is 0 Å². The van der Waals surface area contributed by atoms with E-state index in [-0.39, 0.29) is 16.6 Å². The maximum Gasteiger partial charge on any atom is 0.416 e. The fourth-order valence-corrected chi connectivity index (χ4v) is 9.25. The summed E-state index contributed by atoms with van der Waals surface area (Å²) in [7, 11) is -2.18. The lowest BCUT2D eigenvalue weighted by atomic mass is 9.58. The Morgan fingerprint density at radius 3 is 2.22 bits per heavy atom. The van der Waals surface area contributed by atoms with Crippen molar-refractivity contribution in [1.82, 2.24) is 4.98 Å². The summed E-state index contributed by atoms with van der Waals surface area (Å²) < 4.78 is 67.0. The van der Waals surface area contributed by atoms with Crippen molar-refractivity contribution in [3.63, 3.8) is 0 Å². The Labute approximate surface area is 266 Å². The van der Waals surface area contributed by atoms with Gasteiger partial charge in [0.25, 0.3) is 0 Å². The third-order valence-electron chi connectivity index (χ3n) is 11.7. The lowest BCUT2D eigenvalue weighted by Crippen LogP contribution is -2.47. The third kappa shape index (κ3) is 5.44. The zero-order chi connectivity index (χ0) is 31.8. The van der Waals surface area contributed by atoms with Gasteiger partial charge >= 0.3 is 6.18 Å². The average Bonchev–Trinajstić information content (AvgIpc) is 3.29. The fraction of sp³-hybridized carbons (Fsp3) is 0.639. The first-order valence-electron chi connectivity index (χ1n) is 16.7. The van der Waals surface area contributed by atoms with E-state index in [1.807, 2.05) is 0 Å². The second-order valence-corrected chi connectivity index (χ2v) is 20.2. The van der Waals surface area contributed by atoms with Crippen LogP contribution in [0, 0.1) is 5.41 Å². The molecule has 1 unspecified atom stereocenters. The Morgan fingerprint density at radius 1 is 0.933 bits per heavy atom. The summed E-state index contributed by atoms with van der Waals surface area (Å²) in [6.45, 7) is 13.8. The molecule has 2 fully saturated rings. The minimum absolute atomic E-state index is 0.0382. The fourth-order valence-electron chi connectivity index (χ4n) is 7.99. The topological polar surface area (TPSA) is 49.8 Å². The van der Waals surface area contributed by atoms with E-state index in [1.165, 1.54) is 42.5 Å².